The van der Waals surface area contributed by atoms with E-state index in [1.54, 1.807) is 28.8 Å². The van der Waals surface area contributed by atoms with E-state index in [1.165, 1.54) is 0 Å². The Kier molecular flexibility index (Phi) is 4.20. The van der Waals surface area contributed by atoms with Gasteiger partial charge < -0.3 is 0 Å². The van der Waals surface area contributed by atoms with Crippen LogP contribution in [0, 0.1) is 0 Å². The lowest BCUT2D eigenvalue weighted by Gasteiger charge is -2.05. The number of aromatic nitrogens is 2. The van der Waals surface area contributed by atoms with Crippen LogP contribution < -0.4 is 0 Å². The molecule has 1 heterocycles. The molecule has 0 spiro atoms. The highest BCUT2D eigenvalue weighted by atomic mass is 32.2. The third kappa shape index (κ3) is 3.18. The molecule has 1 aromatic heterocycles. The van der Waals surface area contributed by atoms with Gasteiger partial charge in [-0.1, -0.05) is 13.8 Å². The Morgan fingerprint density at radius 3 is 2.93 bits per heavy atom. The molecule has 0 bridgehead atoms. The van der Waals surface area contributed by atoms with E-state index in [-0.39, 0.29) is 5.78 Å². The van der Waals surface area contributed by atoms with E-state index in [1.807, 2.05) is 7.05 Å². The van der Waals surface area contributed by atoms with Gasteiger partial charge in [0.1, 0.15) is 0 Å². The molecular weight excluding hydrogens is 196 g/mol. The highest BCUT2D eigenvalue weighted by Crippen LogP contribution is 2.15. The molecule has 0 aliphatic rings. The standard InChI is InChI=1S/C10H16N2OS/c1-4-8(2)14-7-10(13)9-5-11-12(3)6-9/h5-6,8H,4,7H2,1-3H3. The second kappa shape index (κ2) is 5.20. The highest BCUT2D eigenvalue weighted by molar-refractivity contribution is 8.00. The van der Waals surface area contributed by atoms with Crippen LogP contribution >= 0.6 is 11.8 Å². The van der Waals surface area contributed by atoms with Gasteiger partial charge in [-0.15, -0.1) is 0 Å². The molecule has 4 heteroatoms. The number of ketones is 1. The molecule has 0 radical (unpaired) electrons. The molecule has 14 heavy (non-hydrogen) atoms. The maximum absolute atomic E-state index is 11.6. The molecule has 0 aliphatic heterocycles. The number of thioether (sulfide) groups is 1. The molecule has 0 aliphatic carbocycles. The fourth-order valence-corrected chi connectivity index (χ4v) is 1.82. The van der Waals surface area contributed by atoms with E-state index in [2.05, 4.69) is 18.9 Å². The molecule has 1 rings (SSSR count). The van der Waals surface area contributed by atoms with Crippen LogP contribution in [0.2, 0.25) is 0 Å². The highest BCUT2D eigenvalue weighted by Gasteiger charge is 2.09. The summed E-state index contributed by atoms with van der Waals surface area (Å²) in [5, 5.41) is 4.52. The van der Waals surface area contributed by atoms with Gasteiger partial charge in [0.25, 0.3) is 0 Å². The molecule has 1 aromatic rings. The number of nitrogens with zero attached hydrogens (tertiary/aromatic N) is 2. The van der Waals surface area contributed by atoms with Gasteiger partial charge in [-0.05, 0) is 6.42 Å². The lowest BCUT2D eigenvalue weighted by atomic mass is 10.3. The van der Waals surface area contributed by atoms with Gasteiger partial charge >= 0.3 is 0 Å². The van der Waals surface area contributed by atoms with Crippen molar-refractivity contribution in [2.24, 2.45) is 7.05 Å². The zero-order chi connectivity index (χ0) is 10.6. The van der Waals surface area contributed by atoms with E-state index in [4.69, 9.17) is 0 Å². The number of rotatable bonds is 5. The van der Waals surface area contributed by atoms with Crippen LogP contribution in [0.5, 0.6) is 0 Å². The Bertz CT molecular complexity index is 309. The SMILES string of the molecule is CCC(C)SCC(=O)c1cnn(C)c1. The summed E-state index contributed by atoms with van der Waals surface area (Å²) in [6, 6.07) is 0. The van der Waals surface area contributed by atoms with E-state index < -0.39 is 0 Å². The molecule has 78 valence electrons. The molecule has 0 fully saturated rings. The molecule has 1 atom stereocenters. The van der Waals surface area contributed by atoms with Crippen LogP contribution in [0.1, 0.15) is 30.6 Å². The zero-order valence-electron chi connectivity index (χ0n) is 8.86. The summed E-state index contributed by atoms with van der Waals surface area (Å²) in [7, 11) is 1.82. The first-order valence-electron chi connectivity index (χ1n) is 4.77. The summed E-state index contributed by atoms with van der Waals surface area (Å²) in [5.74, 6) is 0.726. The van der Waals surface area contributed by atoms with Crippen molar-refractivity contribution in [3.05, 3.63) is 18.0 Å². The molecule has 0 aromatic carbocycles. The average molecular weight is 212 g/mol. The summed E-state index contributed by atoms with van der Waals surface area (Å²) < 4.78 is 1.65. The first kappa shape index (κ1) is 11.3. The fraction of sp³-hybridized carbons (Fsp3) is 0.600. The third-order valence-corrected chi connectivity index (χ3v) is 3.43. The number of Topliss-reactive ketones (excluding diaryl/α,β-unsaturated/α-hetero) is 1. The maximum Gasteiger partial charge on any atom is 0.175 e. The number of carbonyl (C=O) groups is 1. The van der Waals surface area contributed by atoms with Crippen LogP contribution in [0.25, 0.3) is 0 Å². The first-order chi connectivity index (χ1) is 6.63. The quantitative estimate of drug-likeness (QED) is 0.701. The van der Waals surface area contributed by atoms with E-state index in [0.29, 0.717) is 16.6 Å². The van der Waals surface area contributed by atoms with Gasteiger partial charge in [0.2, 0.25) is 0 Å². The molecule has 0 saturated carbocycles. The monoisotopic (exact) mass is 212 g/mol. The van der Waals surface area contributed by atoms with E-state index >= 15 is 0 Å². The van der Waals surface area contributed by atoms with Crippen molar-refractivity contribution in [2.45, 2.75) is 25.5 Å². The van der Waals surface area contributed by atoms with Crippen molar-refractivity contribution in [1.29, 1.82) is 0 Å². The Morgan fingerprint density at radius 2 is 2.43 bits per heavy atom. The summed E-state index contributed by atoms with van der Waals surface area (Å²) in [4.78, 5) is 11.6. The van der Waals surface area contributed by atoms with Crippen molar-refractivity contribution in [2.75, 3.05) is 5.75 Å². The second-order valence-electron chi connectivity index (χ2n) is 3.36. The Labute approximate surface area is 88.9 Å². The van der Waals surface area contributed by atoms with Crippen molar-refractivity contribution in [3.63, 3.8) is 0 Å². The Morgan fingerprint density at radius 1 is 1.71 bits per heavy atom. The van der Waals surface area contributed by atoms with Crippen molar-refractivity contribution in [3.8, 4) is 0 Å². The lowest BCUT2D eigenvalue weighted by Crippen LogP contribution is -2.05. The van der Waals surface area contributed by atoms with Crippen LogP contribution in [0.15, 0.2) is 12.4 Å². The van der Waals surface area contributed by atoms with Crippen LogP contribution in [0.3, 0.4) is 0 Å². The minimum atomic E-state index is 0.170. The molecule has 1 unspecified atom stereocenters. The van der Waals surface area contributed by atoms with Gasteiger partial charge in [0.05, 0.1) is 17.5 Å². The molecule has 0 N–H and O–H groups in total. The Hall–Kier alpha value is -0.770. The number of aryl methyl sites for hydroxylation is 1. The van der Waals surface area contributed by atoms with Gasteiger partial charge in [0, 0.05) is 18.5 Å². The zero-order valence-corrected chi connectivity index (χ0v) is 9.67. The molecule has 0 amide bonds. The lowest BCUT2D eigenvalue weighted by molar-refractivity contribution is 0.102. The average Bonchev–Trinajstić information content (AvgIpc) is 2.60. The fourth-order valence-electron chi connectivity index (χ4n) is 0.984. The smallest absolute Gasteiger partial charge is 0.175 e. The molecule has 3 nitrogen and oxygen atoms in total. The minimum Gasteiger partial charge on any atom is -0.293 e. The van der Waals surface area contributed by atoms with Crippen molar-refractivity contribution >= 4 is 17.5 Å². The van der Waals surface area contributed by atoms with Gasteiger partial charge in [-0.3, -0.25) is 9.48 Å². The number of carbonyl (C=O) groups excluding carboxylic acids is 1. The van der Waals surface area contributed by atoms with Crippen LogP contribution in [-0.4, -0.2) is 26.6 Å². The van der Waals surface area contributed by atoms with E-state index in [0.717, 1.165) is 6.42 Å². The topological polar surface area (TPSA) is 34.9 Å². The molecule has 0 saturated heterocycles. The first-order valence-corrected chi connectivity index (χ1v) is 5.81. The summed E-state index contributed by atoms with van der Waals surface area (Å²) in [6.07, 6.45) is 4.49. The summed E-state index contributed by atoms with van der Waals surface area (Å²) in [6.45, 7) is 4.27. The van der Waals surface area contributed by atoms with Crippen LogP contribution in [0.4, 0.5) is 0 Å². The number of hydrogen-bond donors (Lipinski definition) is 0. The van der Waals surface area contributed by atoms with Crippen molar-refractivity contribution in [1.82, 2.24) is 9.78 Å². The van der Waals surface area contributed by atoms with Crippen molar-refractivity contribution < 1.29 is 4.79 Å². The normalized spacial score (nSPS) is 12.8. The van der Waals surface area contributed by atoms with Gasteiger partial charge in [-0.25, -0.2) is 0 Å². The predicted octanol–water partition coefficient (Wildman–Crippen LogP) is 2.13. The summed E-state index contributed by atoms with van der Waals surface area (Å²) >= 11 is 1.70. The van der Waals surface area contributed by atoms with E-state index in [9.17, 15) is 4.79 Å². The minimum absolute atomic E-state index is 0.170. The largest absolute Gasteiger partial charge is 0.293 e. The Balaban J connectivity index is 2.43. The number of hydrogen-bond acceptors (Lipinski definition) is 3. The maximum atomic E-state index is 11.6. The second-order valence-corrected chi connectivity index (χ2v) is 4.78. The summed E-state index contributed by atoms with van der Waals surface area (Å²) in [5.41, 5.74) is 0.711. The third-order valence-electron chi connectivity index (χ3n) is 2.10. The van der Waals surface area contributed by atoms with Gasteiger partial charge in [-0.2, -0.15) is 16.9 Å². The predicted molar refractivity (Wildman–Crippen MR) is 59.7 cm³/mol. The van der Waals surface area contributed by atoms with Crippen LogP contribution in [-0.2, 0) is 7.05 Å². The van der Waals surface area contributed by atoms with Gasteiger partial charge in [0.15, 0.2) is 5.78 Å². The molecular formula is C10H16N2OS.